The van der Waals surface area contributed by atoms with Gasteiger partial charge in [0.25, 0.3) is 5.91 Å². The standard InChI is InChI=1S/C24H22ClNO3/c1-28-21-14-18-12-13-26(24(27)17-8-10-19(25)11-9-17)23(16-6-4-3-5-7-16)20(18)15-22(21)29-2/h3-11,14-15,23H,12-13H2,1-2H3/t23-/m1/s1. The van der Waals surface area contributed by atoms with Crippen LogP contribution in [0.25, 0.3) is 0 Å². The van der Waals surface area contributed by atoms with E-state index in [4.69, 9.17) is 21.1 Å². The van der Waals surface area contributed by atoms with Crippen LogP contribution < -0.4 is 9.47 Å². The van der Waals surface area contributed by atoms with Gasteiger partial charge in [-0.3, -0.25) is 4.79 Å². The molecule has 0 bridgehead atoms. The van der Waals surface area contributed by atoms with Gasteiger partial charge in [0.1, 0.15) is 0 Å². The van der Waals surface area contributed by atoms with E-state index < -0.39 is 0 Å². The van der Waals surface area contributed by atoms with Gasteiger partial charge in [-0.15, -0.1) is 0 Å². The molecule has 0 N–H and O–H groups in total. The molecule has 0 unspecified atom stereocenters. The number of nitrogens with zero attached hydrogens (tertiary/aromatic N) is 1. The molecule has 0 saturated heterocycles. The van der Waals surface area contributed by atoms with Gasteiger partial charge in [-0.05, 0) is 59.5 Å². The summed E-state index contributed by atoms with van der Waals surface area (Å²) in [6.07, 6.45) is 0.748. The Hall–Kier alpha value is -2.98. The number of amides is 1. The topological polar surface area (TPSA) is 38.8 Å². The molecule has 4 nitrogen and oxygen atoms in total. The Morgan fingerprint density at radius 2 is 1.62 bits per heavy atom. The van der Waals surface area contributed by atoms with E-state index in [0.29, 0.717) is 28.6 Å². The van der Waals surface area contributed by atoms with Crippen LogP contribution >= 0.6 is 11.6 Å². The van der Waals surface area contributed by atoms with E-state index in [9.17, 15) is 4.79 Å². The lowest BCUT2D eigenvalue weighted by atomic mass is 9.87. The van der Waals surface area contributed by atoms with Crippen LogP contribution in [0.15, 0.2) is 66.7 Å². The van der Waals surface area contributed by atoms with Gasteiger partial charge in [-0.1, -0.05) is 41.9 Å². The Labute approximate surface area is 175 Å². The smallest absolute Gasteiger partial charge is 0.254 e. The average Bonchev–Trinajstić information content (AvgIpc) is 2.77. The SMILES string of the molecule is COc1cc2c(cc1OC)[C@@H](c1ccccc1)N(C(=O)c1ccc(Cl)cc1)CC2. The molecule has 5 heteroatoms. The predicted molar refractivity (Wildman–Crippen MR) is 114 cm³/mol. The molecule has 1 amide bonds. The van der Waals surface area contributed by atoms with Gasteiger partial charge in [0.05, 0.1) is 20.3 Å². The van der Waals surface area contributed by atoms with Crippen molar-refractivity contribution in [3.63, 3.8) is 0 Å². The minimum absolute atomic E-state index is 0.0176. The number of carbonyl (C=O) groups excluding carboxylic acids is 1. The fourth-order valence-electron chi connectivity index (χ4n) is 3.92. The Morgan fingerprint density at radius 3 is 2.28 bits per heavy atom. The molecule has 1 aliphatic rings. The molecule has 3 aromatic rings. The van der Waals surface area contributed by atoms with Gasteiger partial charge in [-0.25, -0.2) is 0 Å². The van der Waals surface area contributed by atoms with Gasteiger partial charge in [0.15, 0.2) is 11.5 Å². The van der Waals surface area contributed by atoms with Crippen LogP contribution in [-0.2, 0) is 6.42 Å². The van der Waals surface area contributed by atoms with Gasteiger partial charge in [0.2, 0.25) is 0 Å². The van der Waals surface area contributed by atoms with Crippen molar-refractivity contribution in [3.8, 4) is 11.5 Å². The second-order valence-electron chi connectivity index (χ2n) is 6.97. The zero-order chi connectivity index (χ0) is 20.4. The van der Waals surface area contributed by atoms with E-state index in [2.05, 4.69) is 12.1 Å². The minimum atomic E-state index is -0.206. The number of rotatable bonds is 4. The maximum absolute atomic E-state index is 13.4. The first kappa shape index (κ1) is 19.3. The van der Waals surface area contributed by atoms with Gasteiger partial charge < -0.3 is 14.4 Å². The van der Waals surface area contributed by atoms with Crippen molar-refractivity contribution >= 4 is 17.5 Å². The predicted octanol–water partition coefficient (Wildman–Crippen LogP) is 5.15. The lowest BCUT2D eigenvalue weighted by Gasteiger charge is -2.38. The van der Waals surface area contributed by atoms with Crippen molar-refractivity contribution in [1.29, 1.82) is 0 Å². The quantitative estimate of drug-likeness (QED) is 0.600. The van der Waals surface area contributed by atoms with E-state index in [-0.39, 0.29) is 11.9 Å². The van der Waals surface area contributed by atoms with Crippen LogP contribution in [0.3, 0.4) is 0 Å². The normalized spacial score (nSPS) is 15.6. The van der Waals surface area contributed by atoms with E-state index in [1.807, 2.05) is 35.2 Å². The maximum Gasteiger partial charge on any atom is 0.254 e. The van der Waals surface area contributed by atoms with Crippen LogP contribution in [0.1, 0.15) is 33.1 Å². The van der Waals surface area contributed by atoms with Crippen LogP contribution in [0.4, 0.5) is 0 Å². The van der Waals surface area contributed by atoms with Crippen molar-refractivity contribution in [1.82, 2.24) is 4.90 Å². The zero-order valence-electron chi connectivity index (χ0n) is 16.4. The van der Waals surface area contributed by atoms with E-state index in [1.54, 1.807) is 38.5 Å². The third-order valence-corrected chi connectivity index (χ3v) is 5.59. The molecule has 4 rings (SSSR count). The first-order valence-corrected chi connectivity index (χ1v) is 9.86. The molecule has 1 aliphatic heterocycles. The number of fused-ring (bicyclic) bond motifs is 1. The number of halogens is 1. The molecule has 0 fully saturated rings. The van der Waals surface area contributed by atoms with Gasteiger partial charge in [-0.2, -0.15) is 0 Å². The highest BCUT2D eigenvalue weighted by atomic mass is 35.5. The molecule has 0 aromatic heterocycles. The molecule has 1 atom stereocenters. The summed E-state index contributed by atoms with van der Waals surface area (Å²) in [5.74, 6) is 1.35. The summed E-state index contributed by atoms with van der Waals surface area (Å²) in [5.41, 5.74) is 3.90. The molecule has 0 spiro atoms. The molecule has 3 aromatic carbocycles. The second kappa shape index (κ2) is 8.18. The summed E-state index contributed by atoms with van der Waals surface area (Å²) in [5, 5.41) is 0.613. The maximum atomic E-state index is 13.4. The van der Waals surface area contributed by atoms with Crippen LogP contribution in [0.5, 0.6) is 11.5 Å². The van der Waals surface area contributed by atoms with Crippen molar-refractivity contribution < 1.29 is 14.3 Å². The summed E-state index contributed by atoms with van der Waals surface area (Å²) in [7, 11) is 3.26. The Kier molecular flexibility index (Phi) is 5.45. The first-order chi connectivity index (χ1) is 14.1. The average molecular weight is 408 g/mol. The number of benzene rings is 3. The second-order valence-corrected chi connectivity index (χ2v) is 7.41. The van der Waals surface area contributed by atoms with E-state index in [0.717, 1.165) is 23.1 Å². The molecule has 0 saturated carbocycles. The molecule has 0 radical (unpaired) electrons. The summed E-state index contributed by atoms with van der Waals surface area (Å²) < 4.78 is 11.0. The lowest BCUT2D eigenvalue weighted by Crippen LogP contribution is -2.40. The number of methoxy groups -OCH3 is 2. The highest BCUT2D eigenvalue weighted by Gasteiger charge is 2.33. The van der Waals surface area contributed by atoms with Crippen molar-refractivity contribution in [3.05, 3.63) is 94.0 Å². The number of hydrogen-bond acceptors (Lipinski definition) is 3. The highest BCUT2D eigenvalue weighted by Crippen LogP contribution is 2.41. The minimum Gasteiger partial charge on any atom is -0.493 e. The molecule has 0 aliphatic carbocycles. The fraction of sp³-hybridized carbons (Fsp3) is 0.208. The first-order valence-electron chi connectivity index (χ1n) is 9.48. The Balaban J connectivity index is 1.83. The lowest BCUT2D eigenvalue weighted by molar-refractivity contribution is 0.0694. The van der Waals surface area contributed by atoms with Crippen molar-refractivity contribution in [2.24, 2.45) is 0 Å². The summed E-state index contributed by atoms with van der Waals surface area (Å²) in [6, 6.07) is 20.9. The molecule has 1 heterocycles. The number of hydrogen-bond donors (Lipinski definition) is 0. The molecular weight excluding hydrogens is 386 g/mol. The fourth-order valence-corrected chi connectivity index (χ4v) is 4.04. The number of ether oxygens (including phenoxy) is 2. The van der Waals surface area contributed by atoms with Gasteiger partial charge in [0, 0.05) is 17.1 Å². The van der Waals surface area contributed by atoms with Crippen LogP contribution in [-0.4, -0.2) is 31.6 Å². The Bertz CT molecular complexity index is 1020. The zero-order valence-corrected chi connectivity index (χ0v) is 17.1. The third kappa shape index (κ3) is 3.68. The molecule has 148 valence electrons. The van der Waals surface area contributed by atoms with E-state index >= 15 is 0 Å². The molecular formula is C24H22ClNO3. The van der Waals surface area contributed by atoms with Crippen LogP contribution in [0.2, 0.25) is 5.02 Å². The number of carbonyl (C=O) groups is 1. The van der Waals surface area contributed by atoms with E-state index in [1.165, 1.54) is 0 Å². The Morgan fingerprint density at radius 1 is 0.966 bits per heavy atom. The summed E-state index contributed by atoms with van der Waals surface area (Å²) in [4.78, 5) is 15.3. The monoisotopic (exact) mass is 407 g/mol. The third-order valence-electron chi connectivity index (χ3n) is 5.34. The largest absolute Gasteiger partial charge is 0.493 e. The molecule has 29 heavy (non-hydrogen) atoms. The summed E-state index contributed by atoms with van der Waals surface area (Å²) >= 11 is 6.00. The van der Waals surface area contributed by atoms with Gasteiger partial charge >= 0.3 is 0 Å². The summed E-state index contributed by atoms with van der Waals surface area (Å²) in [6.45, 7) is 0.615. The highest BCUT2D eigenvalue weighted by molar-refractivity contribution is 6.30. The van der Waals surface area contributed by atoms with Crippen molar-refractivity contribution in [2.75, 3.05) is 20.8 Å². The van der Waals surface area contributed by atoms with Crippen molar-refractivity contribution in [2.45, 2.75) is 12.5 Å². The van der Waals surface area contributed by atoms with Crippen LogP contribution in [0, 0.1) is 0 Å².